The van der Waals surface area contributed by atoms with Crippen molar-refractivity contribution < 1.29 is 22.7 Å². The third-order valence-electron chi connectivity index (χ3n) is 5.40. The Morgan fingerprint density at radius 1 is 1.20 bits per heavy atom. The molecule has 2 aromatic heterocycles. The largest absolute Gasteiger partial charge is 0.618 e. The number of nitrogens with zero attached hydrogens (tertiary/aromatic N) is 2. The van der Waals surface area contributed by atoms with Crippen molar-refractivity contribution in [3.63, 3.8) is 0 Å². The number of fused-ring (bicyclic) bond motifs is 1. The van der Waals surface area contributed by atoms with Crippen LogP contribution < -0.4 is 10.0 Å². The van der Waals surface area contributed by atoms with Gasteiger partial charge in [-0.3, -0.25) is 4.79 Å². The maximum absolute atomic E-state index is 13.2. The van der Waals surface area contributed by atoms with E-state index in [-0.39, 0.29) is 11.7 Å². The maximum Gasteiger partial charge on any atom is 0.416 e. The number of pyridine rings is 1. The number of benzene rings is 1. The van der Waals surface area contributed by atoms with E-state index >= 15 is 0 Å². The van der Waals surface area contributed by atoms with Crippen LogP contribution in [0.1, 0.15) is 51.9 Å². The van der Waals surface area contributed by atoms with Crippen molar-refractivity contribution in [3.8, 4) is 5.69 Å². The van der Waals surface area contributed by atoms with Gasteiger partial charge in [0.25, 0.3) is 5.69 Å². The number of carbonyl (C=O) groups excluding carboxylic acids is 1. The number of rotatable bonds is 3. The van der Waals surface area contributed by atoms with Crippen molar-refractivity contribution in [2.45, 2.75) is 38.4 Å². The first-order valence-electron chi connectivity index (χ1n) is 9.63. The molecule has 0 saturated carbocycles. The summed E-state index contributed by atoms with van der Waals surface area (Å²) < 4.78 is 41.8. The zero-order valence-corrected chi connectivity index (χ0v) is 16.2. The van der Waals surface area contributed by atoms with Crippen LogP contribution in [0.4, 0.5) is 13.2 Å². The van der Waals surface area contributed by atoms with Crippen molar-refractivity contribution >= 4 is 5.91 Å². The average Bonchev–Trinajstić information content (AvgIpc) is 3.04. The number of aryl methyl sites for hydroxylation is 1. The van der Waals surface area contributed by atoms with Crippen LogP contribution in [0.25, 0.3) is 5.69 Å². The van der Waals surface area contributed by atoms with Gasteiger partial charge >= 0.3 is 12.1 Å². The number of nitrogens with one attached hydrogen (secondary N) is 1. The molecule has 1 aliphatic carbocycles. The van der Waals surface area contributed by atoms with Crippen LogP contribution in [0.2, 0.25) is 0 Å². The number of hydrogen-bond donors (Lipinski definition) is 1. The summed E-state index contributed by atoms with van der Waals surface area (Å²) in [4.78, 5) is 12.6. The molecule has 3 aromatic rings. The molecule has 0 saturated heterocycles. The molecule has 0 bridgehead atoms. The summed E-state index contributed by atoms with van der Waals surface area (Å²) in [6.07, 6.45) is -1.01. The van der Waals surface area contributed by atoms with Crippen molar-refractivity contribution in [1.82, 2.24) is 9.88 Å². The fourth-order valence-electron chi connectivity index (χ4n) is 4.07. The van der Waals surface area contributed by atoms with Gasteiger partial charge in [0.1, 0.15) is 0 Å². The van der Waals surface area contributed by atoms with Crippen molar-refractivity contribution in [2.24, 2.45) is 0 Å². The molecule has 156 valence electrons. The smallest absolute Gasteiger partial charge is 0.416 e. The molecule has 30 heavy (non-hydrogen) atoms. The third kappa shape index (κ3) is 3.65. The molecule has 8 heteroatoms. The quantitative estimate of drug-likeness (QED) is 0.514. The number of halogens is 3. The highest BCUT2D eigenvalue weighted by atomic mass is 19.4. The Kier molecular flexibility index (Phi) is 5.01. The van der Waals surface area contributed by atoms with Gasteiger partial charge in [-0.25, -0.2) is 0 Å². The summed E-state index contributed by atoms with van der Waals surface area (Å²) in [5, 5.41) is 14.8. The number of aromatic nitrogens is 2. The summed E-state index contributed by atoms with van der Waals surface area (Å²) in [7, 11) is 0. The van der Waals surface area contributed by atoms with Crippen LogP contribution in [0.15, 0.2) is 54.7 Å². The van der Waals surface area contributed by atoms with E-state index < -0.39 is 17.6 Å². The maximum atomic E-state index is 13.2. The minimum atomic E-state index is -4.42. The fourth-order valence-corrected chi connectivity index (χ4v) is 4.07. The summed E-state index contributed by atoms with van der Waals surface area (Å²) in [5.74, 6) is -0.479. The first-order valence-corrected chi connectivity index (χ1v) is 9.63. The summed E-state index contributed by atoms with van der Waals surface area (Å²) in [6, 6.07) is 11.4. The van der Waals surface area contributed by atoms with Crippen LogP contribution in [-0.2, 0) is 12.6 Å². The van der Waals surface area contributed by atoms with Gasteiger partial charge in [-0.2, -0.15) is 17.9 Å². The Hall–Kier alpha value is -3.29. The molecule has 0 aliphatic heterocycles. The second-order valence-corrected chi connectivity index (χ2v) is 7.40. The molecule has 0 fully saturated rings. The van der Waals surface area contributed by atoms with Gasteiger partial charge in [0.2, 0.25) is 0 Å². The normalized spacial score (nSPS) is 16.2. The lowest BCUT2D eigenvalue weighted by Gasteiger charge is -2.25. The molecule has 1 N–H and O–H groups in total. The van der Waals surface area contributed by atoms with Gasteiger partial charge < -0.3 is 15.1 Å². The standard InChI is InChI=1S/C22H20F3N3O2/c1-14-12-17-18(26-21(29)20-9-2-3-11-27(20)30)8-5-10-19(17)28(14)16-7-4-6-15(13-16)22(23,24)25/h2-4,6-7,9,11-13,18H,5,8,10H2,1H3,(H,26,29)/t18-/m1/s1. The highest BCUT2D eigenvalue weighted by molar-refractivity contribution is 5.91. The van der Waals surface area contributed by atoms with Crippen molar-refractivity contribution in [1.29, 1.82) is 0 Å². The van der Waals surface area contributed by atoms with Gasteiger partial charge in [0.15, 0.2) is 6.20 Å². The lowest BCUT2D eigenvalue weighted by atomic mass is 9.92. The van der Waals surface area contributed by atoms with Crippen molar-refractivity contribution in [3.05, 3.63) is 88.1 Å². The Morgan fingerprint density at radius 3 is 2.73 bits per heavy atom. The zero-order chi connectivity index (χ0) is 21.5. The van der Waals surface area contributed by atoms with E-state index in [1.807, 2.05) is 17.6 Å². The predicted octanol–water partition coefficient (Wildman–Crippen LogP) is 4.25. The van der Waals surface area contributed by atoms with E-state index in [4.69, 9.17) is 0 Å². The molecule has 0 spiro atoms. The highest BCUT2D eigenvalue weighted by Crippen LogP contribution is 2.36. The van der Waals surface area contributed by atoms with Crippen LogP contribution in [0, 0.1) is 12.1 Å². The Balaban J connectivity index is 1.68. The minimum absolute atomic E-state index is 0.00124. The van der Waals surface area contributed by atoms with Gasteiger partial charge in [0.05, 0.1) is 11.6 Å². The monoisotopic (exact) mass is 415 g/mol. The SMILES string of the molecule is Cc1cc2c(n1-c1cccc(C(F)(F)F)c1)CCC[C@H]2NC(=O)c1cccc[n+]1[O-]. The second kappa shape index (κ2) is 7.51. The van der Waals surface area contributed by atoms with Crippen molar-refractivity contribution in [2.75, 3.05) is 0 Å². The molecule has 4 rings (SSSR count). The first kappa shape index (κ1) is 20.0. The Labute approximate surface area is 171 Å². The molecule has 0 unspecified atom stereocenters. The topological polar surface area (TPSA) is 61.0 Å². The van der Waals surface area contributed by atoms with Crippen LogP contribution >= 0.6 is 0 Å². The first-order chi connectivity index (χ1) is 14.3. The number of carbonyl (C=O) groups is 1. The van der Waals surface area contributed by atoms with Crippen LogP contribution in [-0.4, -0.2) is 10.5 Å². The van der Waals surface area contributed by atoms with E-state index in [2.05, 4.69) is 5.32 Å². The van der Waals surface area contributed by atoms with Crippen LogP contribution in [0.3, 0.4) is 0 Å². The van der Waals surface area contributed by atoms with E-state index in [0.717, 1.165) is 35.5 Å². The minimum Gasteiger partial charge on any atom is -0.618 e. The van der Waals surface area contributed by atoms with E-state index in [9.17, 15) is 23.2 Å². The van der Waals surface area contributed by atoms with E-state index in [1.54, 1.807) is 18.2 Å². The lowest BCUT2D eigenvalue weighted by molar-refractivity contribution is -0.607. The fraction of sp³-hybridized carbons (Fsp3) is 0.273. The van der Waals surface area contributed by atoms with Gasteiger partial charge in [-0.1, -0.05) is 6.07 Å². The highest BCUT2D eigenvalue weighted by Gasteiger charge is 2.32. The van der Waals surface area contributed by atoms with Gasteiger partial charge in [-0.15, -0.1) is 0 Å². The lowest BCUT2D eigenvalue weighted by Crippen LogP contribution is -2.40. The molecule has 1 atom stereocenters. The molecule has 2 heterocycles. The Bertz CT molecular complexity index is 1110. The van der Waals surface area contributed by atoms with Crippen LogP contribution in [0.5, 0.6) is 0 Å². The number of alkyl halides is 3. The van der Waals surface area contributed by atoms with E-state index in [1.165, 1.54) is 18.3 Å². The molecular formula is C22H20F3N3O2. The molecular weight excluding hydrogens is 395 g/mol. The summed E-state index contributed by atoms with van der Waals surface area (Å²) >= 11 is 0. The number of hydrogen-bond acceptors (Lipinski definition) is 2. The van der Waals surface area contributed by atoms with Gasteiger partial charge in [0, 0.05) is 29.2 Å². The average molecular weight is 415 g/mol. The summed E-state index contributed by atoms with van der Waals surface area (Å²) in [6.45, 7) is 1.83. The predicted molar refractivity (Wildman–Crippen MR) is 104 cm³/mol. The Morgan fingerprint density at radius 2 is 2.00 bits per heavy atom. The second-order valence-electron chi connectivity index (χ2n) is 7.40. The summed E-state index contributed by atoms with van der Waals surface area (Å²) in [5.41, 5.74) is 2.28. The molecule has 1 amide bonds. The molecule has 1 aliphatic rings. The molecule has 0 radical (unpaired) electrons. The third-order valence-corrected chi connectivity index (χ3v) is 5.40. The molecule has 5 nitrogen and oxygen atoms in total. The van der Waals surface area contributed by atoms with E-state index in [0.29, 0.717) is 23.3 Å². The molecule has 1 aromatic carbocycles. The zero-order valence-electron chi connectivity index (χ0n) is 16.2. The van der Waals surface area contributed by atoms with Gasteiger partial charge in [-0.05, 0) is 62.1 Å². The number of amides is 1.